The van der Waals surface area contributed by atoms with Crippen molar-refractivity contribution in [1.29, 1.82) is 0 Å². The van der Waals surface area contributed by atoms with Gasteiger partial charge in [0.25, 0.3) is 0 Å². The Labute approximate surface area is 119 Å². The van der Waals surface area contributed by atoms with Crippen molar-refractivity contribution in [3.8, 4) is 0 Å². The van der Waals surface area contributed by atoms with Crippen molar-refractivity contribution in [2.75, 3.05) is 11.4 Å². The molecule has 3 heteroatoms. The number of aliphatic hydroxyl groups excluding tert-OH is 1. The van der Waals surface area contributed by atoms with Gasteiger partial charge >= 0.3 is 0 Å². The van der Waals surface area contributed by atoms with Crippen LogP contribution in [-0.2, 0) is 0 Å². The predicted molar refractivity (Wildman–Crippen MR) is 81.2 cm³/mol. The molecule has 0 unspecified atom stereocenters. The minimum absolute atomic E-state index is 0.502. The van der Waals surface area contributed by atoms with Gasteiger partial charge in [0.15, 0.2) is 0 Å². The number of hydrogen-bond acceptors (Lipinski definition) is 2. The van der Waals surface area contributed by atoms with E-state index in [1.54, 1.807) is 6.92 Å². The Bertz CT molecular complexity index is 540. The molecule has 2 rings (SSSR count). The number of rotatable bonds is 4. The van der Waals surface area contributed by atoms with Crippen molar-refractivity contribution in [1.82, 2.24) is 0 Å². The molecular weight excluding hydrogens is 258 g/mol. The molecule has 0 heterocycles. The van der Waals surface area contributed by atoms with E-state index < -0.39 is 6.10 Å². The van der Waals surface area contributed by atoms with E-state index in [0.29, 0.717) is 5.02 Å². The van der Waals surface area contributed by atoms with Gasteiger partial charge in [0, 0.05) is 12.2 Å². The number of nitrogens with zero attached hydrogens (tertiary/aromatic N) is 1. The first-order valence-corrected chi connectivity index (χ1v) is 6.81. The van der Waals surface area contributed by atoms with Crippen LogP contribution in [0.3, 0.4) is 0 Å². The number of halogens is 1. The Morgan fingerprint density at radius 2 is 1.84 bits per heavy atom. The summed E-state index contributed by atoms with van der Waals surface area (Å²) in [5.74, 6) is 0. The highest BCUT2D eigenvalue weighted by atomic mass is 35.5. The molecule has 1 atom stereocenters. The average molecular weight is 276 g/mol. The molecule has 0 spiro atoms. The summed E-state index contributed by atoms with van der Waals surface area (Å²) < 4.78 is 0. The summed E-state index contributed by atoms with van der Waals surface area (Å²) in [5, 5.41) is 10.2. The topological polar surface area (TPSA) is 23.5 Å². The van der Waals surface area contributed by atoms with Gasteiger partial charge in [0.2, 0.25) is 0 Å². The van der Waals surface area contributed by atoms with Crippen LogP contribution >= 0.6 is 11.6 Å². The molecule has 100 valence electrons. The van der Waals surface area contributed by atoms with Crippen LogP contribution in [0.1, 0.15) is 25.5 Å². The number of benzene rings is 2. The molecule has 0 amide bonds. The molecule has 0 aromatic heterocycles. The third kappa shape index (κ3) is 3.09. The zero-order chi connectivity index (χ0) is 13.8. The van der Waals surface area contributed by atoms with Crippen LogP contribution in [0.2, 0.25) is 5.02 Å². The molecule has 2 aromatic carbocycles. The molecule has 0 saturated carbocycles. The lowest BCUT2D eigenvalue weighted by atomic mass is 10.1. The maximum Gasteiger partial charge on any atom is 0.0762 e. The molecule has 2 nitrogen and oxygen atoms in total. The molecule has 0 aliphatic heterocycles. The van der Waals surface area contributed by atoms with Crippen LogP contribution in [0.4, 0.5) is 11.4 Å². The second-order valence-electron chi connectivity index (χ2n) is 4.47. The SMILES string of the molecule is CCN(c1ccccc1)c1ccc([C@@H](C)O)cc1Cl. The summed E-state index contributed by atoms with van der Waals surface area (Å²) >= 11 is 6.34. The molecule has 0 aliphatic carbocycles. The van der Waals surface area contributed by atoms with Crippen LogP contribution in [0.5, 0.6) is 0 Å². The molecule has 0 radical (unpaired) electrons. The second-order valence-corrected chi connectivity index (χ2v) is 4.87. The zero-order valence-corrected chi connectivity index (χ0v) is 11.9. The van der Waals surface area contributed by atoms with Crippen LogP contribution in [0, 0.1) is 0 Å². The van der Waals surface area contributed by atoms with Crippen molar-refractivity contribution in [2.45, 2.75) is 20.0 Å². The first kappa shape index (κ1) is 13.9. The second kappa shape index (κ2) is 6.09. The summed E-state index contributed by atoms with van der Waals surface area (Å²) in [6, 6.07) is 15.8. The Balaban J connectivity index is 2.39. The number of para-hydroxylation sites is 1. The van der Waals surface area contributed by atoms with Gasteiger partial charge in [0.1, 0.15) is 0 Å². The van der Waals surface area contributed by atoms with Crippen LogP contribution < -0.4 is 4.90 Å². The van der Waals surface area contributed by atoms with E-state index in [9.17, 15) is 5.11 Å². The van der Waals surface area contributed by atoms with Gasteiger partial charge in [-0.05, 0) is 43.7 Å². The normalized spacial score (nSPS) is 12.2. The van der Waals surface area contributed by atoms with Gasteiger partial charge in [-0.2, -0.15) is 0 Å². The van der Waals surface area contributed by atoms with E-state index >= 15 is 0 Å². The Kier molecular flexibility index (Phi) is 4.46. The van der Waals surface area contributed by atoms with E-state index in [4.69, 9.17) is 11.6 Å². The van der Waals surface area contributed by atoms with Crippen molar-refractivity contribution in [3.63, 3.8) is 0 Å². The molecule has 0 bridgehead atoms. The summed E-state index contributed by atoms with van der Waals surface area (Å²) in [6.07, 6.45) is -0.502. The number of anilines is 2. The minimum Gasteiger partial charge on any atom is -0.389 e. The molecule has 0 saturated heterocycles. The lowest BCUT2D eigenvalue weighted by Crippen LogP contribution is -2.16. The molecule has 19 heavy (non-hydrogen) atoms. The largest absolute Gasteiger partial charge is 0.389 e. The maximum atomic E-state index is 9.58. The van der Waals surface area contributed by atoms with Crippen molar-refractivity contribution in [2.24, 2.45) is 0 Å². The van der Waals surface area contributed by atoms with Crippen molar-refractivity contribution >= 4 is 23.0 Å². The van der Waals surface area contributed by atoms with Crippen LogP contribution in [-0.4, -0.2) is 11.7 Å². The summed E-state index contributed by atoms with van der Waals surface area (Å²) in [4.78, 5) is 2.15. The van der Waals surface area contributed by atoms with Gasteiger partial charge < -0.3 is 10.0 Å². The first-order valence-electron chi connectivity index (χ1n) is 6.43. The molecule has 2 aromatic rings. The Morgan fingerprint density at radius 3 is 2.37 bits per heavy atom. The minimum atomic E-state index is -0.502. The standard InChI is InChI=1S/C16H18ClNO/c1-3-18(14-7-5-4-6-8-14)16-10-9-13(12(2)19)11-15(16)17/h4-12,19H,3H2,1-2H3/t12-/m1/s1. The summed E-state index contributed by atoms with van der Waals surface area (Å²) in [7, 11) is 0. The molecule has 0 aliphatic rings. The van der Waals surface area contributed by atoms with E-state index in [1.807, 2.05) is 36.4 Å². The van der Waals surface area contributed by atoms with E-state index in [1.165, 1.54) is 0 Å². The Hall–Kier alpha value is -1.51. The zero-order valence-electron chi connectivity index (χ0n) is 11.2. The monoisotopic (exact) mass is 275 g/mol. The van der Waals surface area contributed by atoms with Crippen molar-refractivity contribution in [3.05, 3.63) is 59.1 Å². The molecular formula is C16H18ClNO. The molecule has 1 N–H and O–H groups in total. The van der Waals surface area contributed by atoms with Crippen LogP contribution in [0.25, 0.3) is 0 Å². The smallest absolute Gasteiger partial charge is 0.0762 e. The highest BCUT2D eigenvalue weighted by molar-refractivity contribution is 6.33. The van der Waals surface area contributed by atoms with E-state index in [-0.39, 0.29) is 0 Å². The van der Waals surface area contributed by atoms with Gasteiger partial charge in [-0.15, -0.1) is 0 Å². The fraction of sp³-hybridized carbons (Fsp3) is 0.250. The lowest BCUT2D eigenvalue weighted by Gasteiger charge is -2.25. The van der Waals surface area contributed by atoms with E-state index in [0.717, 1.165) is 23.5 Å². The fourth-order valence-corrected chi connectivity index (χ4v) is 2.39. The fourth-order valence-electron chi connectivity index (χ4n) is 2.10. The van der Waals surface area contributed by atoms with Gasteiger partial charge in [-0.1, -0.05) is 35.9 Å². The van der Waals surface area contributed by atoms with Gasteiger partial charge in [-0.3, -0.25) is 0 Å². The Morgan fingerprint density at radius 1 is 1.16 bits per heavy atom. The molecule has 0 fully saturated rings. The maximum absolute atomic E-state index is 9.58. The van der Waals surface area contributed by atoms with Crippen molar-refractivity contribution < 1.29 is 5.11 Å². The summed E-state index contributed by atoms with van der Waals surface area (Å²) in [5.41, 5.74) is 2.90. The van der Waals surface area contributed by atoms with Crippen LogP contribution in [0.15, 0.2) is 48.5 Å². The highest BCUT2D eigenvalue weighted by Crippen LogP contribution is 2.33. The predicted octanol–water partition coefficient (Wildman–Crippen LogP) is 4.55. The number of aliphatic hydroxyl groups is 1. The quantitative estimate of drug-likeness (QED) is 0.885. The third-order valence-electron chi connectivity index (χ3n) is 3.13. The average Bonchev–Trinajstić information content (AvgIpc) is 2.42. The number of hydrogen-bond donors (Lipinski definition) is 1. The summed E-state index contributed by atoms with van der Waals surface area (Å²) in [6.45, 7) is 4.66. The van der Waals surface area contributed by atoms with Gasteiger partial charge in [-0.25, -0.2) is 0 Å². The van der Waals surface area contributed by atoms with E-state index in [2.05, 4.69) is 24.0 Å². The lowest BCUT2D eigenvalue weighted by molar-refractivity contribution is 0.199. The first-order chi connectivity index (χ1) is 9.13. The van der Waals surface area contributed by atoms with Gasteiger partial charge in [0.05, 0.1) is 16.8 Å². The highest BCUT2D eigenvalue weighted by Gasteiger charge is 2.12. The third-order valence-corrected chi connectivity index (χ3v) is 3.43.